The molecule has 21 heavy (non-hydrogen) atoms. The molecule has 2 N–H and O–H groups in total. The highest BCUT2D eigenvalue weighted by Gasteiger charge is 2.06. The topological polar surface area (TPSA) is 59.6 Å². The van der Waals surface area contributed by atoms with Crippen LogP contribution in [0, 0.1) is 0 Å². The lowest BCUT2D eigenvalue weighted by Crippen LogP contribution is -2.41. The maximum Gasteiger partial charge on any atom is 0.314 e. The second kappa shape index (κ2) is 10.0. The van der Waals surface area contributed by atoms with Crippen LogP contribution in [-0.4, -0.2) is 39.4 Å². The summed E-state index contributed by atoms with van der Waals surface area (Å²) in [6, 6.07) is 8.03. The van der Waals surface area contributed by atoms with Crippen molar-refractivity contribution in [2.24, 2.45) is 0 Å². The van der Waals surface area contributed by atoms with E-state index in [2.05, 4.69) is 22.8 Å². The van der Waals surface area contributed by atoms with Gasteiger partial charge in [-0.05, 0) is 43.9 Å². The molecule has 0 aromatic heterocycles. The van der Waals surface area contributed by atoms with E-state index in [-0.39, 0.29) is 12.1 Å². The Morgan fingerprint density at radius 2 is 1.95 bits per heavy atom. The van der Waals surface area contributed by atoms with Gasteiger partial charge in [-0.15, -0.1) is 0 Å². The largest absolute Gasteiger partial charge is 0.497 e. The summed E-state index contributed by atoms with van der Waals surface area (Å²) in [7, 11) is 3.31. The van der Waals surface area contributed by atoms with E-state index in [4.69, 9.17) is 9.47 Å². The normalized spacial score (nSPS) is 11.8. The van der Waals surface area contributed by atoms with E-state index in [1.165, 1.54) is 5.56 Å². The van der Waals surface area contributed by atoms with Crippen LogP contribution in [0.25, 0.3) is 0 Å². The fraction of sp³-hybridized carbons (Fsp3) is 0.562. The molecular formula is C16H26N2O3. The summed E-state index contributed by atoms with van der Waals surface area (Å²) < 4.78 is 10.1. The van der Waals surface area contributed by atoms with E-state index < -0.39 is 0 Å². The first-order chi connectivity index (χ1) is 10.2. The Hall–Kier alpha value is -1.75. The number of aryl methyl sites for hydroxylation is 1. The number of nitrogens with one attached hydrogen (secondary N) is 2. The molecular weight excluding hydrogens is 268 g/mol. The Balaban J connectivity index is 2.20. The summed E-state index contributed by atoms with van der Waals surface area (Å²) in [5, 5.41) is 5.75. The number of carbonyl (C=O) groups excluding carboxylic acids is 1. The van der Waals surface area contributed by atoms with Gasteiger partial charge in [-0.1, -0.05) is 12.1 Å². The van der Waals surface area contributed by atoms with Crippen LogP contribution in [0.2, 0.25) is 0 Å². The lowest BCUT2D eigenvalue weighted by molar-refractivity contribution is 0.193. The van der Waals surface area contributed by atoms with Gasteiger partial charge in [0.15, 0.2) is 0 Å². The van der Waals surface area contributed by atoms with E-state index in [0.29, 0.717) is 13.2 Å². The molecule has 1 rings (SSSR count). The SMILES string of the molecule is COCCCNC(=O)N[C@H](C)CCc1ccc(OC)cc1. The van der Waals surface area contributed by atoms with Gasteiger partial charge in [0.1, 0.15) is 5.75 Å². The number of urea groups is 1. The molecule has 0 fully saturated rings. The van der Waals surface area contributed by atoms with Crippen molar-refractivity contribution >= 4 is 6.03 Å². The Morgan fingerprint density at radius 1 is 1.24 bits per heavy atom. The van der Waals surface area contributed by atoms with Gasteiger partial charge in [-0.3, -0.25) is 0 Å². The van der Waals surface area contributed by atoms with Crippen molar-refractivity contribution in [3.8, 4) is 5.75 Å². The number of benzene rings is 1. The standard InChI is InChI=1S/C16H26N2O3/c1-13(18-16(19)17-11-4-12-20-2)5-6-14-7-9-15(21-3)10-8-14/h7-10,13H,4-6,11-12H2,1-3H3,(H2,17,18,19)/t13-/m1/s1. The summed E-state index contributed by atoms with van der Waals surface area (Å²) in [5.74, 6) is 0.861. The van der Waals surface area contributed by atoms with Crippen molar-refractivity contribution in [2.75, 3.05) is 27.4 Å². The highest BCUT2D eigenvalue weighted by atomic mass is 16.5. The van der Waals surface area contributed by atoms with Crippen molar-refractivity contribution in [1.29, 1.82) is 0 Å². The first-order valence-corrected chi connectivity index (χ1v) is 7.32. The quantitative estimate of drug-likeness (QED) is 0.687. The number of carbonyl (C=O) groups is 1. The van der Waals surface area contributed by atoms with E-state index >= 15 is 0 Å². The minimum atomic E-state index is -0.117. The molecule has 0 unspecified atom stereocenters. The molecule has 1 aromatic rings. The van der Waals surface area contributed by atoms with Crippen molar-refractivity contribution in [1.82, 2.24) is 10.6 Å². The third kappa shape index (κ3) is 7.56. The molecule has 0 aliphatic carbocycles. The summed E-state index contributed by atoms with van der Waals surface area (Å²) in [5.41, 5.74) is 1.24. The van der Waals surface area contributed by atoms with Crippen molar-refractivity contribution < 1.29 is 14.3 Å². The highest BCUT2D eigenvalue weighted by Crippen LogP contribution is 2.13. The van der Waals surface area contributed by atoms with Gasteiger partial charge in [-0.25, -0.2) is 4.79 Å². The molecule has 0 radical (unpaired) electrons. The number of amides is 2. The van der Waals surface area contributed by atoms with Gasteiger partial charge in [0.25, 0.3) is 0 Å². The molecule has 1 aromatic carbocycles. The zero-order valence-corrected chi connectivity index (χ0v) is 13.1. The molecule has 0 aliphatic heterocycles. The van der Waals surface area contributed by atoms with Crippen LogP contribution in [0.5, 0.6) is 5.75 Å². The van der Waals surface area contributed by atoms with Crippen molar-refractivity contribution in [3.05, 3.63) is 29.8 Å². The smallest absolute Gasteiger partial charge is 0.314 e. The third-order valence-corrected chi connectivity index (χ3v) is 3.21. The summed E-state index contributed by atoms with van der Waals surface area (Å²) in [4.78, 5) is 11.6. The summed E-state index contributed by atoms with van der Waals surface area (Å²) in [6.07, 6.45) is 2.65. The first kappa shape index (κ1) is 17.3. The number of ether oxygens (including phenoxy) is 2. The van der Waals surface area contributed by atoms with Crippen LogP contribution in [-0.2, 0) is 11.2 Å². The maximum atomic E-state index is 11.6. The fourth-order valence-corrected chi connectivity index (χ4v) is 1.94. The Kier molecular flexibility index (Phi) is 8.28. The first-order valence-electron chi connectivity index (χ1n) is 7.32. The molecule has 0 saturated heterocycles. The molecule has 118 valence electrons. The minimum Gasteiger partial charge on any atom is -0.497 e. The Bertz CT molecular complexity index is 406. The zero-order valence-electron chi connectivity index (χ0n) is 13.1. The van der Waals surface area contributed by atoms with Gasteiger partial charge >= 0.3 is 6.03 Å². The molecule has 2 amide bonds. The average molecular weight is 294 g/mol. The Morgan fingerprint density at radius 3 is 2.57 bits per heavy atom. The van der Waals surface area contributed by atoms with Gasteiger partial charge in [-0.2, -0.15) is 0 Å². The second-order valence-electron chi connectivity index (χ2n) is 5.03. The van der Waals surface area contributed by atoms with Gasteiger partial charge in [0.05, 0.1) is 7.11 Å². The molecule has 0 heterocycles. The van der Waals surface area contributed by atoms with Gasteiger partial charge in [0, 0.05) is 26.3 Å². The molecule has 5 heteroatoms. The monoisotopic (exact) mass is 294 g/mol. The summed E-state index contributed by atoms with van der Waals surface area (Å²) in [6.45, 7) is 3.30. The van der Waals surface area contributed by atoms with Gasteiger partial charge in [0.2, 0.25) is 0 Å². The predicted octanol–water partition coefficient (Wildman–Crippen LogP) is 2.35. The van der Waals surface area contributed by atoms with Crippen LogP contribution < -0.4 is 15.4 Å². The second-order valence-corrected chi connectivity index (χ2v) is 5.03. The van der Waals surface area contributed by atoms with E-state index in [9.17, 15) is 4.79 Å². The molecule has 1 atom stereocenters. The van der Waals surface area contributed by atoms with Crippen LogP contribution in [0.15, 0.2) is 24.3 Å². The number of methoxy groups -OCH3 is 2. The van der Waals surface area contributed by atoms with Crippen LogP contribution in [0.1, 0.15) is 25.3 Å². The van der Waals surface area contributed by atoms with Crippen molar-refractivity contribution in [3.63, 3.8) is 0 Å². The molecule has 0 aliphatic rings. The van der Waals surface area contributed by atoms with E-state index in [1.54, 1.807) is 14.2 Å². The van der Waals surface area contributed by atoms with Gasteiger partial charge < -0.3 is 20.1 Å². The summed E-state index contributed by atoms with van der Waals surface area (Å²) >= 11 is 0. The lowest BCUT2D eigenvalue weighted by atomic mass is 10.1. The highest BCUT2D eigenvalue weighted by molar-refractivity contribution is 5.74. The minimum absolute atomic E-state index is 0.117. The molecule has 0 bridgehead atoms. The third-order valence-electron chi connectivity index (χ3n) is 3.21. The van der Waals surface area contributed by atoms with Crippen LogP contribution in [0.3, 0.4) is 0 Å². The lowest BCUT2D eigenvalue weighted by Gasteiger charge is -2.14. The Labute approximate surface area is 127 Å². The maximum absolute atomic E-state index is 11.6. The number of hydrogen-bond acceptors (Lipinski definition) is 3. The van der Waals surface area contributed by atoms with E-state index in [0.717, 1.165) is 25.0 Å². The number of rotatable bonds is 9. The molecule has 0 spiro atoms. The van der Waals surface area contributed by atoms with E-state index in [1.807, 2.05) is 19.1 Å². The molecule has 0 saturated carbocycles. The average Bonchev–Trinajstić information content (AvgIpc) is 2.50. The van der Waals surface area contributed by atoms with Crippen LogP contribution in [0.4, 0.5) is 4.79 Å². The number of hydrogen-bond donors (Lipinski definition) is 2. The predicted molar refractivity (Wildman–Crippen MR) is 83.8 cm³/mol. The van der Waals surface area contributed by atoms with Crippen LogP contribution >= 0.6 is 0 Å². The van der Waals surface area contributed by atoms with Crippen molar-refractivity contribution in [2.45, 2.75) is 32.2 Å². The fourth-order valence-electron chi connectivity index (χ4n) is 1.94. The zero-order chi connectivity index (χ0) is 15.5. The molecule has 5 nitrogen and oxygen atoms in total.